The highest BCUT2D eigenvalue weighted by Crippen LogP contribution is 2.33. The number of rotatable bonds is 8. The van der Waals surface area contributed by atoms with Crippen LogP contribution in [0.2, 0.25) is 0 Å². The van der Waals surface area contributed by atoms with Gasteiger partial charge < -0.3 is 15.2 Å². The van der Waals surface area contributed by atoms with Crippen molar-refractivity contribution in [1.29, 1.82) is 0 Å². The van der Waals surface area contributed by atoms with Crippen molar-refractivity contribution in [1.82, 2.24) is 4.90 Å². The molecule has 1 aromatic heterocycles. The van der Waals surface area contributed by atoms with Crippen molar-refractivity contribution in [2.75, 3.05) is 5.32 Å². The SMILES string of the molecule is CCc1cc(C(=O)c2ccc(OC(F)(F)F)cc2)c(NC(=O)C(C)N2C(C)CCC2C(=O)O)s1. The van der Waals surface area contributed by atoms with Gasteiger partial charge in [-0.1, -0.05) is 6.92 Å². The van der Waals surface area contributed by atoms with Crippen LogP contribution < -0.4 is 10.1 Å². The smallest absolute Gasteiger partial charge is 0.480 e. The molecule has 2 heterocycles. The number of likely N-dealkylation sites (tertiary alicyclic amines) is 1. The van der Waals surface area contributed by atoms with Crippen LogP contribution in [-0.4, -0.2) is 52.2 Å². The van der Waals surface area contributed by atoms with E-state index in [0.29, 0.717) is 24.3 Å². The minimum absolute atomic E-state index is 0.0880. The van der Waals surface area contributed by atoms with E-state index in [9.17, 15) is 32.7 Å². The molecule has 0 bridgehead atoms. The summed E-state index contributed by atoms with van der Waals surface area (Å²) in [5.74, 6) is -2.33. The van der Waals surface area contributed by atoms with Gasteiger partial charge in [0.25, 0.3) is 0 Å². The van der Waals surface area contributed by atoms with E-state index >= 15 is 0 Å². The molecule has 2 N–H and O–H groups in total. The maximum absolute atomic E-state index is 13.1. The molecule has 0 radical (unpaired) electrons. The lowest BCUT2D eigenvalue weighted by Gasteiger charge is -2.31. The number of aliphatic carboxylic acids is 1. The molecule has 34 heavy (non-hydrogen) atoms. The van der Waals surface area contributed by atoms with E-state index in [2.05, 4.69) is 10.1 Å². The second kappa shape index (κ2) is 10.1. The summed E-state index contributed by atoms with van der Waals surface area (Å²) < 4.78 is 41.0. The Morgan fingerprint density at radius 1 is 1.24 bits per heavy atom. The van der Waals surface area contributed by atoms with Crippen LogP contribution in [0.4, 0.5) is 18.2 Å². The summed E-state index contributed by atoms with van der Waals surface area (Å²) in [6.45, 7) is 5.39. The van der Waals surface area contributed by atoms with Crippen LogP contribution in [0.1, 0.15) is 54.4 Å². The second-order valence-corrected chi connectivity index (χ2v) is 9.24. The lowest BCUT2D eigenvalue weighted by molar-refractivity contribution is -0.274. The number of anilines is 1. The molecular weight excluding hydrogens is 473 g/mol. The number of hydrogen-bond donors (Lipinski definition) is 2. The zero-order chi connectivity index (χ0) is 25.2. The molecule has 2 aromatic rings. The molecule has 0 saturated carbocycles. The van der Waals surface area contributed by atoms with Crippen molar-refractivity contribution in [2.45, 2.75) is 64.5 Å². The fraction of sp³-hybridized carbons (Fsp3) is 0.435. The van der Waals surface area contributed by atoms with Gasteiger partial charge in [-0.25, -0.2) is 0 Å². The monoisotopic (exact) mass is 498 g/mol. The molecule has 1 aliphatic rings. The van der Waals surface area contributed by atoms with E-state index in [-0.39, 0.29) is 17.2 Å². The molecule has 1 aliphatic heterocycles. The highest BCUT2D eigenvalue weighted by Gasteiger charge is 2.41. The topological polar surface area (TPSA) is 95.9 Å². The Morgan fingerprint density at radius 3 is 2.44 bits per heavy atom. The van der Waals surface area contributed by atoms with Crippen LogP contribution >= 0.6 is 11.3 Å². The first-order valence-corrected chi connectivity index (χ1v) is 11.6. The van der Waals surface area contributed by atoms with Gasteiger partial charge in [-0.05, 0) is 63.4 Å². The normalized spacial score (nSPS) is 19.6. The van der Waals surface area contributed by atoms with Gasteiger partial charge in [-0.2, -0.15) is 0 Å². The third-order valence-corrected chi connectivity index (χ3v) is 7.00. The quantitative estimate of drug-likeness (QED) is 0.512. The number of ketones is 1. The van der Waals surface area contributed by atoms with Gasteiger partial charge in [0.15, 0.2) is 5.78 Å². The molecule has 11 heteroatoms. The zero-order valence-electron chi connectivity index (χ0n) is 18.8. The average molecular weight is 499 g/mol. The van der Waals surface area contributed by atoms with Gasteiger partial charge in [0.05, 0.1) is 11.6 Å². The van der Waals surface area contributed by atoms with Crippen molar-refractivity contribution in [3.05, 3.63) is 46.3 Å². The molecule has 0 aliphatic carbocycles. The Labute approximate surface area is 198 Å². The van der Waals surface area contributed by atoms with Crippen LogP contribution in [0.15, 0.2) is 30.3 Å². The molecule has 184 valence electrons. The summed E-state index contributed by atoms with van der Waals surface area (Å²) in [7, 11) is 0. The van der Waals surface area contributed by atoms with Gasteiger partial charge in [0.2, 0.25) is 5.91 Å². The van der Waals surface area contributed by atoms with Gasteiger partial charge in [-0.3, -0.25) is 19.3 Å². The standard InChI is InChI=1S/C23H25F3N2O5S/c1-4-16-11-17(19(29)14-6-8-15(9-7-14)33-23(24,25)26)21(34-16)27-20(30)13(3)28-12(2)5-10-18(28)22(31)32/h6-9,11-13,18H,4-5,10H2,1-3H3,(H,27,30)(H,31,32). The molecular formula is C23H25F3N2O5S. The molecule has 3 rings (SSSR count). The van der Waals surface area contributed by atoms with Crippen LogP contribution in [0.25, 0.3) is 0 Å². The molecule has 7 nitrogen and oxygen atoms in total. The third kappa shape index (κ3) is 5.76. The Hall–Kier alpha value is -2.92. The van der Waals surface area contributed by atoms with Gasteiger partial charge in [0.1, 0.15) is 16.8 Å². The predicted molar refractivity (Wildman–Crippen MR) is 120 cm³/mol. The number of carboxylic acids is 1. The second-order valence-electron chi connectivity index (χ2n) is 8.10. The predicted octanol–water partition coefficient (Wildman–Crippen LogP) is 4.70. The number of carboxylic acid groups (broad SMARTS) is 1. The highest BCUT2D eigenvalue weighted by molar-refractivity contribution is 7.16. The van der Waals surface area contributed by atoms with Gasteiger partial charge >= 0.3 is 12.3 Å². The molecule has 1 amide bonds. The molecule has 0 spiro atoms. The summed E-state index contributed by atoms with van der Waals surface area (Å²) in [6, 6.07) is 4.61. The maximum atomic E-state index is 13.1. The third-order valence-electron chi connectivity index (χ3n) is 5.80. The summed E-state index contributed by atoms with van der Waals surface area (Å²) in [6.07, 6.45) is -3.12. The number of nitrogens with one attached hydrogen (secondary N) is 1. The number of ether oxygens (including phenoxy) is 1. The minimum atomic E-state index is -4.84. The van der Waals surface area contributed by atoms with Crippen LogP contribution in [0, 0.1) is 0 Å². The van der Waals surface area contributed by atoms with Gasteiger partial charge in [0, 0.05) is 16.5 Å². The molecule has 3 atom stereocenters. The van der Waals surface area contributed by atoms with Crippen LogP contribution in [-0.2, 0) is 16.0 Å². The number of hydrogen-bond acceptors (Lipinski definition) is 6. The Morgan fingerprint density at radius 2 is 1.88 bits per heavy atom. The Kier molecular flexibility index (Phi) is 7.67. The number of amides is 1. The number of alkyl halides is 3. The number of thiophene rings is 1. The lowest BCUT2D eigenvalue weighted by Crippen LogP contribution is -2.50. The van der Waals surface area contributed by atoms with Crippen LogP contribution in [0.3, 0.4) is 0 Å². The maximum Gasteiger partial charge on any atom is 0.573 e. The Bertz CT molecular complexity index is 1070. The number of nitrogens with zero attached hydrogens (tertiary/aromatic N) is 1. The van der Waals surface area contributed by atoms with Crippen LogP contribution in [0.5, 0.6) is 5.75 Å². The highest BCUT2D eigenvalue weighted by atomic mass is 32.1. The summed E-state index contributed by atoms with van der Waals surface area (Å²) in [5.41, 5.74) is 0.355. The van der Waals surface area contributed by atoms with Crippen molar-refractivity contribution in [3.8, 4) is 5.75 Å². The first kappa shape index (κ1) is 25.7. The first-order valence-electron chi connectivity index (χ1n) is 10.8. The van der Waals surface area contributed by atoms with Crippen molar-refractivity contribution in [2.24, 2.45) is 0 Å². The molecule has 1 fully saturated rings. The van der Waals surface area contributed by atoms with Crippen molar-refractivity contribution >= 4 is 34.0 Å². The van der Waals surface area contributed by atoms with E-state index in [1.165, 1.54) is 23.5 Å². The molecule has 1 aromatic carbocycles. The minimum Gasteiger partial charge on any atom is -0.480 e. The first-order chi connectivity index (χ1) is 15.9. The van der Waals surface area contributed by atoms with Crippen molar-refractivity contribution < 1.29 is 37.4 Å². The number of benzene rings is 1. The number of carbonyl (C=O) groups excluding carboxylic acids is 2. The van der Waals surface area contributed by atoms with E-state index in [1.54, 1.807) is 17.9 Å². The van der Waals surface area contributed by atoms with E-state index in [0.717, 1.165) is 17.0 Å². The zero-order valence-corrected chi connectivity index (χ0v) is 19.6. The largest absolute Gasteiger partial charge is 0.573 e. The fourth-order valence-electron chi connectivity index (χ4n) is 4.10. The molecule has 1 saturated heterocycles. The number of carbonyl (C=O) groups is 3. The van der Waals surface area contributed by atoms with E-state index in [1.807, 2.05) is 13.8 Å². The van der Waals surface area contributed by atoms with Gasteiger partial charge in [-0.15, -0.1) is 24.5 Å². The van der Waals surface area contributed by atoms with Crippen molar-refractivity contribution in [3.63, 3.8) is 0 Å². The lowest BCUT2D eigenvalue weighted by atomic mass is 10.0. The number of halogens is 3. The molecule has 3 unspecified atom stereocenters. The average Bonchev–Trinajstić information content (AvgIpc) is 3.35. The fourth-order valence-corrected chi connectivity index (χ4v) is 5.10. The summed E-state index contributed by atoms with van der Waals surface area (Å²) in [5, 5.41) is 12.6. The number of aryl methyl sites for hydroxylation is 1. The Balaban J connectivity index is 1.81. The van der Waals surface area contributed by atoms with E-state index < -0.39 is 41.9 Å². The van der Waals surface area contributed by atoms with E-state index in [4.69, 9.17) is 0 Å². The summed E-state index contributed by atoms with van der Waals surface area (Å²) >= 11 is 1.23. The summed E-state index contributed by atoms with van der Waals surface area (Å²) in [4.78, 5) is 40.2.